The minimum atomic E-state index is -0.258. The maximum absolute atomic E-state index is 13.3. The van der Waals surface area contributed by atoms with E-state index in [9.17, 15) is 4.39 Å². The molecule has 0 radical (unpaired) electrons. The van der Waals surface area contributed by atoms with E-state index in [-0.39, 0.29) is 5.82 Å². The van der Waals surface area contributed by atoms with Crippen LogP contribution in [0.15, 0.2) is 34.1 Å². The van der Waals surface area contributed by atoms with E-state index in [1.807, 2.05) is 0 Å². The van der Waals surface area contributed by atoms with Crippen LogP contribution in [-0.2, 0) is 19.4 Å². The Balaban J connectivity index is 1.92. The van der Waals surface area contributed by atoms with Crippen molar-refractivity contribution in [2.75, 3.05) is 5.88 Å². The molecule has 21 heavy (non-hydrogen) atoms. The Labute approximate surface area is 139 Å². The molecular formula is C15H13BrClFN2S. The molecule has 3 aromatic rings. The van der Waals surface area contributed by atoms with E-state index in [0.717, 1.165) is 28.1 Å². The van der Waals surface area contributed by atoms with Crippen molar-refractivity contribution in [1.29, 1.82) is 0 Å². The fourth-order valence-electron chi connectivity index (χ4n) is 2.39. The largest absolute Gasteiger partial charge is 0.328 e. The van der Waals surface area contributed by atoms with Crippen LogP contribution < -0.4 is 0 Å². The molecular weight excluding hydrogens is 375 g/mol. The third kappa shape index (κ3) is 3.30. The number of fused-ring (bicyclic) bond motifs is 1. The summed E-state index contributed by atoms with van der Waals surface area (Å²) in [4.78, 5) is 5.82. The molecule has 0 saturated carbocycles. The summed E-state index contributed by atoms with van der Waals surface area (Å²) in [6.07, 6.45) is 1.61. The number of nitrogens with zero attached hydrogens (tertiary/aromatic N) is 2. The van der Waals surface area contributed by atoms with Gasteiger partial charge in [-0.2, -0.15) is 0 Å². The number of rotatable bonds is 5. The van der Waals surface area contributed by atoms with Crippen molar-refractivity contribution in [3.63, 3.8) is 0 Å². The summed E-state index contributed by atoms with van der Waals surface area (Å²) in [5, 5.41) is 0. The van der Waals surface area contributed by atoms with Crippen molar-refractivity contribution in [2.24, 2.45) is 0 Å². The van der Waals surface area contributed by atoms with Crippen LogP contribution in [0.25, 0.3) is 11.0 Å². The van der Waals surface area contributed by atoms with Gasteiger partial charge in [0.2, 0.25) is 0 Å². The molecule has 2 heterocycles. The van der Waals surface area contributed by atoms with Gasteiger partial charge in [-0.1, -0.05) is 0 Å². The molecule has 0 atom stereocenters. The summed E-state index contributed by atoms with van der Waals surface area (Å²) in [6, 6.07) is 8.92. The lowest BCUT2D eigenvalue weighted by molar-refractivity contribution is 0.629. The number of alkyl halides is 1. The van der Waals surface area contributed by atoms with Gasteiger partial charge < -0.3 is 4.57 Å². The van der Waals surface area contributed by atoms with E-state index in [1.54, 1.807) is 17.4 Å². The lowest BCUT2D eigenvalue weighted by Gasteiger charge is -2.07. The van der Waals surface area contributed by atoms with Gasteiger partial charge in [-0.25, -0.2) is 9.37 Å². The minimum absolute atomic E-state index is 0.258. The topological polar surface area (TPSA) is 17.8 Å². The van der Waals surface area contributed by atoms with Gasteiger partial charge >= 0.3 is 0 Å². The van der Waals surface area contributed by atoms with Crippen LogP contribution in [0, 0.1) is 5.82 Å². The molecule has 0 bridgehead atoms. The van der Waals surface area contributed by atoms with Crippen molar-refractivity contribution in [1.82, 2.24) is 9.55 Å². The molecule has 3 rings (SSSR count). The average Bonchev–Trinajstić information content (AvgIpc) is 3.00. The maximum atomic E-state index is 13.3. The fraction of sp³-hybridized carbons (Fsp3) is 0.267. The number of imidazole rings is 1. The predicted molar refractivity (Wildman–Crippen MR) is 89.8 cm³/mol. The van der Waals surface area contributed by atoms with Crippen LogP contribution in [0.2, 0.25) is 0 Å². The van der Waals surface area contributed by atoms with Gasteiger partial charge in [0.1, 0.15) is 11.6 Å². The third-order valence-corrected chi connectivity index (χ3v) is 5.19. The minimum Gasteiger partial charge on any atom is -0.328 e. The second kappa shape index (κ2) is 6.46. The molecule has 0 saturated heterocycles. The highest BCUT2D eigenvalue weighted by Crippen LogP contribution is 2.24. The molecule has 0 spiro atoms. The molecule has 0 aliphatic rings. The first-order valence-corrected chi connectivity index (χ1v) is 8.76. The summed E-state index contributed by atoms with van der Waals surface area (Å²) in [5.41, 5.74) is 1.66. The number of hydrogen-bond acceptors (Lipinski definition) is 2. The Morgan fingerprint density at radius 1 is 1.24 bits per heavy atom. The number of aromatic nitrogens is 2. The number of hydrogen-bond donors (Lipinski definition) is 0. The van der Waals surface area contributed by atoms with Crippen molar-refractivity contribution < 1.29 is 4.39 Å². The van der Waals surface area contributed by atoms with Crippen LogP contribution >= 0.6 is 38.9 Å². The van der Waals surface area contributed by atoms with Crippen LogP contribution in [0.5, 0.6) is 0 Å². The van der Waals surface area contributed by atoms with E-state index in [1.165, 1.54) is 17.0 Å². The first kappa shape index (κ1) is 15.0. The SMILES string of the molecule is Fc1ccc2c(c1)nc(CCCl)n2CCc1ccc(Br)s1. The number of thiophene rings is 1. The van der Waals surface area contributed by atoms with Gasteiger partial charge in [0, 0.05) is 29.8 Å². The van der Waals surface area contributed by atoms with Crippen molar-refractivity contribution >= 4 is 49.9 Å². The van der Waals surface area contributed by atoms with Gasteiger partial charge in [0.05, 0.1) is 14.8 Å². The Morgan fingerprint density at radius 2 is 2.10 bits per heavy atom. The molecule has 2 nitrogen and oxygen atoms in total. The van der Waals surface area contributed by atoms with Gasteiger partial charge in [-0.05, 0) is 46.6 Å². The highest BCUT2D eigenvalue weighted by molar-refractivity contribution is 9.11. The zero-order chi connectivity index (χ0) is 14.8. The summed E-state index contributed by atoms with van der Waals surface area (Å²) in [5.74, 6) is 1.17. The molecule has 0 unspecified atom stereocenters. The Kier molecular flexibility index (Phi) is 4.62. The van der Waals surface area contributed by atoms with Crippen LogP contribution in [0.4, 0.5) is 4.39 Å². The Hall–Kier alpha value is -0.910. The highest BCUT2D eigenvalue weighted by Gasteiger charge is 2.11. The van der Waals surface area contributed by atoms with Crippen LogP contribution in [0.3, 0.4) is 0 Å². The summed E-state index contributed by atoms with van der Waals surface area (Å²) in [7, 11) is 0. The molecule has 0 aliphatic heterocycles. The Morgan fingerprint density at radius 3 is 2.81 bits per heavy atom. The fourth-order valence-corrected chi connectivity index (χ4v) is 4.03. The van der Waals surface area contributed by atoms with Crippen molar-refractivity contribution in [3.8, 4) is 0 Å². The number of aryl methyl sites for hydroxylation is 3. The highest BCUT2D eigenvalue weighted by atomic mass is 79.9. The predicted octanol–water partition coefficient (Wildman–Crippen LogP) is 5.02. The van der Waals surface area contributed by atoms with Gasteiger partial charge in [0.15, 0.2) is 0 Å². The molecule has 0 amide bonds. The summed E-state index contributed by atoms with van der Waals surface area (Å²) in [6.45, 7) is 0.821. The van der Waals surface area contributed by atoms with E-state index in [2.05, 4.69) is 37.6 Å². The summed E-state index contributed by atoms with van der Waals surface area (Å²) < 4.78 is 16.6. The third-order valence-electron chi connectivity index (χ3n) is 3.32. The molecule has 6 heteroatoms. The lowest BCUT2D eigenvalue weighted by Crippen LogP contribution is -2.06. The zero-order valence-electron chi connectivity index (χ0n) is 11.2. The average molecular weight is 388 g/mol. The summed E-state index contributed by atoms with van der Waals surface area (Å²) >= 11 is 11.1. The zero-order valence-corrected chi connectivity index (χ0v) is 14.3. The van der Waals surface area contributed by atoms with Gasteiger partial charge in [-0.3, -0.25) is 0 Å². The smallest absolute Gasteiger partial charge is 0.125 e. The number of halogens is 3. The quantitative estimate of drug-likeness (QED) is 0.562. The lowest BCUT2D eigenvalue weighted by atomic mass is 10.3. The molecule has 0 fully saturated rings. The first-order valence-electron chi connectivity index (χ1n) is 6.62. The molecule has 2 aromatic heterocycles. The Bertz CT molecular complexity index is 768. The van der Waals surface area contributed by atoms with Crippen molar-refractivity contribution in [2.45, 2.75) is 19.4 Å². The van der Waals surface area contributed by atoms with E-state index in [4.69, 9.17) is 11.6 Å². The molecule has 0 aliphatic carbocycles. The van der Waals surface area contributed by atoms with Crippen LogP contribution in [0.1, 0.15) is 10.7 Å². The molecule has 110 valence electrons. The standard InChI is InChI=1S/C15H13BrClFN2S/c16-14-4-2-11(21-14)6-8-20-13-3-1-10(18)9-12(13)19-15(20)5-7-17/h1-4,9H,5-8H2. The second-order valence-corrected chi connectivity index (χ2v) is 7.63. The molecule has 0 N–H and O–H groups in total. The number of benzene rings is 1. The van der Waals surface area contributed by atoms with Crippen LogP contribution in [-0.4, -0.2) is 15.4 Å². The normalized spacial score (nSPS) is 11.4. The van der Waals surface area contributed by atoms with E-state index in [0.29, 0.717) is 17.8 Å². The van der Waals surface area contributed by atoms with Gasteiger partial charge in [0.25, 0.3) is 0 Å². The molecule has 1 aromatic carbocycles. The maximum Gasteiger partial charge on any atom is 0.125 e. The van der Waals surface area contributed by atoms with Crippen molar-refractivity contribution in [3.05, 3.63) is 50.6 Å². The van der Waals surface area contributed by atoms with Gasteiger partial charge in [-0.15, -0.1) is 22.9 Å². The van der Waals surface area contributed by atoms with E-state index >= 15 is 0 Å². The second-order valence-electron chi connectivity index (χ2n) is 4.71. The van der Waals surface area contributed by atoms with E-state index < -0.39 is 0 Å². The monoisotopic (exact) mass is 386 g/mol. The first-order chi connectivity index (χ1) is 10.2.